The lowest BCUT2D eigenvalue weighted by atomic mass is 10.2. The van der Waals surface area contributed by atoms with Crippen molar-refractivity contribution in [2.75, 3.05) is 17.7 Å². The van der Waals surface area contributed by atoms with Crippen molar-refractivity contribution in [2.45, 2.75) is 38.6 Å². The zero-order valence-corrected chi connectivity index (χ0v) is 13.6. The molecule has 0 atom stereocenters. The first-order valence-corrected chi connectivity index (χ1v) is 8.34. The molecule has 0 bridgehead atoms. The van der Waals surface area contributed by atoms with Crippen LogP contribution in [0.2, 0.25) is 0 Å². The van der Waals surface area contributed by atoms with Gasteiger partial charge in [-0.2, -0.15) is 15.0 Å². The van der Waals surface area contributed by atoms with Gasteiger partial charge in [0.15, 0.2) is 5.82 Å². The number of nitrogens with two attached hydrogens (primary N) is 1. The molecule has 22 heavy (non-hydrogen) atoms. The van der Waals surface area contributed by atoms with Crippen molar-refractivity contribution in [1.29, 1.82) is 0 Å². The van der Waals surface area contributed by atoms with Gasteiger partial charge in [-0.1, -0.05) is 24.6 Å². The standard InChI is InChI=1S/C14H21N7S/c1-8-7-22-12(17-8)10(15)11-19-13(16-2)21-14(20-11)18-9-5-3-4-6-9/h7,9,17H,3-6,15H2,1-2H3,(H2,16,18,19,20,21)/b12-10+. The minimum atomic E-state index is 0.441. The van der Waals surface area contributed by atoms with Crippen LogP contribution >= 0.6 is 11.8 Å². The van der Waals surface area contributed by atoms with Gasteiger partial charge >= 0.3 is 0 Å². The largest absolute Gasteiger partial charge is 0.394 e. The van der Waals surface area contributed by atoms with Gasteiger partial charge in [0.1, 0.15) is 10.7 Å². The van der Waals surface area contributed by atoms with Crippen LogP contribution in [0.5, 0.6) is 0 Å². The minimum Gasteiger partial charge on any atom is -0.394 e. The summed E-state index contributed by atoms with van der Waals surface area (Å²) in [6, 6.07) is 0.441. The van der Waals surface area contributed by atoms with E-state index in [4.69, 9.17) is 5.73 Å². The Morgan fingerprint density at radius 2 is 2.00 bits per heavy atom. The number of anilines is 2. The number of rotatable bonds is 4. The average Bonchev–Trinajstić information content (AvgIpc) is 3.17. The fourth-order valence-electron chi connectivity index (χ4n) is 2.54. The van der Waals surface area contributed by atoms with E-state index in [1.807, 2.05) is 12.3 Å². The summed E-state index contributed by atoms with van der Waals surface area (Å²) in [4.78, 5) is 13.2. The van der Waals surface area contributed by atoms with Crippen LogP contribution in [-0.2, 0) is 0 Å². The minimum absolute atomic E-state index is 0.441. The first-order valence-electron chi connectivity index (χ1n) is 7.46. The third-order valence-electron chi connectivity index (χ3n) is 3.70. The molecule has 1 fully saturated rings. The van der Waals surface area contributed by atoms with E-state index in [2.05, 4.69) is 30.9 Å². The molecule has 7 nitrogen and oxygen atoms in total. The number of aromatic nitrogens is 3. The number of allylic oxidation sites excluding steroid dienone is 1. The van der Waals surface area contributed by atoms with Gasteiger partial charge in [-0.3, -0.25) is 0 Å². The molecule has 3 rings (SSSR count). The summed E-state index contributed by atoms with van der Waals surface area (Å²) in [5.74, 6) is 1.58. The molecule has 0 radical (unpaired) electrons. The molecule has 1 aromatic rings. The molecule has 118 valence electrons. The highest BCUT2D eigenvalue weighted by Crippen LogP contribution is 2.28. The maximum atomic E-state index is 6.22. The van der Waals surface area contributed by atoms with E-state index in [0.29, 0.717) is 29.5 Å². The Kier molecular flexibility index (Phi) is 4.37. The molecule has 8 heteroatoms. The Morgan fingerprint density at radius 1 is 1.27 bits per heavy atom. The van der Waals surface area contributed by atoms with Crippen molar-refractivity contribution in [3.63, 3.8) is 0 Å². The summed E-state index contributed by atoms with van der Waals surface area (Å²) >= 11 is 1.55. The third kappa shape index (κ3) is 3.27. The van der Waals surface area contributed by atoms with Gasteiger partial charge in [0.25, 0.3) is 0 Å². The lowest BCUT2D eigenvalue weighted by Crippen LogP contribution is -2.19. The first kappa shape index (κ1) is 15.0. The van der Waals surface area contributed by atoms with Crippen molar-refractivity contribution in [2.24, 2.45) is 5.73 Å². The smallest absolute Gasteiger partial charge is 0.228 e. The summed E-state index contributed by atoms with van der Waals surface area (Å²) < 4.78 is 0. The molecular weight excluding hydrogens is 298 g/mol. The number of nitrogens with zero attached hydrogens (tertiary/aromatic N) is 3. The normalized spacial score (nSPS) is 20.5. The molecular formula is C14H21N7S. The van der Waals surface area contributed by atoms with Crippen LogP contribution in [0.4, 0.5) is 11.9 Å². The van der Waals surface area contributed by atoms with E-state index in [1.165, 1.54) is 12.8 Å². The molecule has 1 aliphatic heterocycles. The Bertz CT molecular complexity index is 620. The van der Waals surface area contributed by atoms with Crippen molar-refractivity contribution in [3.8, 4) is 0 Å². The van der Waals surface area contributed by atoms with E-state index in [1.54, 1.807) is 18.8 Å². The number of thioether (sulfide) groups is 1. The summed E-state index contributed by atoms with van der Waals surface area (Å²) in [6.07, 6.45) is 4.83. The van der Waals surface area contributed by atoms with Crippen LogP contribution in [0.15, 0.2) is 16.1 Å². The summed E-state index contributed by atoms with van der Waals surface area (Å²) in [7, 11) is 1.79. The maximum Gasteiger partial charge on any atom is 0.228 e. The molecule has 1 aliphatic carbocycles. The van der Waals surface area contributed by atoms with Crippen LogP contribution in [0.3, 0.4) is 0 Å². The van der Waals surface area contributed by atoms with E-state index in [9.17, 15) is 0 Å². The molecule has 5 N–H and O–H groups in total. The van der Waals surface area contributed by atoms with Gasteiger partial charge in [-0.05, 0) is 25.2 Å². The van der Waals surface area contributed by atoms with Crippen LogP contribution < -0.4 is 21.7 Å². The van der Waals surface area contributed by atoms with Crippen molar-refractivity contribution in [3.05, 3.63) is 22.0 Å². The molecule has 1 aromatic heterocycles. The Morgan fingerprint density at radius 3 is 2.64 bits per heavy atom. The van der Waals surface area contributed by atoms with E-state index < -0.39 is 0 Å². The Hall–Kier alpha value is -1.96. The first-order chi connectivity index (χ1) is 10.7. The second kappa shape index (κ2) is 6.43. The molecule has 1 saturated carbocycles. The predicted octanol–water partition coefficient (Wildman–Crippen LogP) is 2.05. The van der Waals surface area contributed by atoms with Crippen LogP contribution in [0.1, 0.15) is 38.4 Å². The van der Waals surface area contributed by atoms with Gasteiger partial charge in [0.2, 0.25) is 11.9 Å². The van der Waals surface area contributed by atoms with Gasteiger partial charge < -0.3 is 21.7 Å². The molecule has 0 unspecified atom stereocenters. The van der Waals surface area contributed by atoms with Crippen molar-refractivity contribution in [1.82, 2.24) is 20.3 Å². The van der Waals surface area contributed by atoms with Gasteiger partial charge in [0, 0.05) is 18.8 Å². The topological polar surface area (TPSA) is 101 Å². The fourth-order valence-corrected chi connectivity index (χ4v) is 3.33. The SMILES string of the molecule is CNc1nc(NC2CCCC2)nc(/C(N)=C2/NC(C)=CS2)n1. The summed E-state index contributed by atoms with van der Waals surface area (Å²) in [5.41, 5.74) is 7.82. The number of hydrogen-bond acceptors (Lipinski definition) is 8. The lowest BCUT2D eigenvalue weighted by molar-refractivity contribution is 0.741. The quantitative estimate of drug-likeness (QED) is 0.669. The molecule has 0 amide bonds. The van der Waals surface area contributed by atoms with Crippen molar-refractivity contribution >= 4 is 29.4 Å². The number of nitrogens with one attached hydrogen (secondary N) is 3. The second-order valence-corrected chi connectivity index (χ2v) is 6.35. The molecule has 0 spiro atoms. The highest BCUT2D eigenvalue weighted by molar-refractivity contribution is 8.06. The third-order valence-corrected chi connectivity index (χ3v) is 4.73. The van der Waals surface area contributed by atoms with Gasteiger partial charge in [-0.15, -0.1) is 0 Å². The molecule has 0 saturated heterocycles. The Labute approximate surface area is 134 Å². The zero-order valence-electron chi connectivity index (χ0n) is 12.8. The Balaban J connectivity index is 1.87. The average molecular weight is 319 g/mol. The monoisotopic (exact) mass is 319 g/mol. The highest BCUT2D eigenvalue weighted by Gasteiger charge is 2.19. The van der Waals surface area contributed by atoms with Crippen LogP contribution in [0.25, 0.3) is 5.70 Å². The molecule has 0 aromatic carbocycles. The van der Waals surface area contributed by atoms with Gasteiger partial charge in [-0.25, -0.2) is 0 Å². The zero-order chi connectivity index (χ0) is 15.5. The van der Waals surface area contributed by atoms with E-state index in [-0.39, 0.29) is 0 Å². The van der Waals surface area contributed by atoms with Gasteiger partial charge in [0.05, 0.1) is 0 Å². The van der Waals surface area contributed by atoms with Crippen LogP contribution in [-0.4, -0.2) is 28.0 Å². The van der Waals surface area contributed by atoms with Crippen LogP contribution in [0, 0.1) is 0 Å². The second-order valence-electron chi connectivity index (χ2n) is 5.47. The highest BCUT2D eigenvalue weighted by atomic mass is 32.2. The predicted molar refractivity (Wildman–Crippen MR) is 90.8 cm³/mol. The molecule has 2 heterocycles. The van der Waals surface area contributed by atoms with E-state index in [0.717, 1.165) is 23.6 Å². The van der Waals surface area contributed by atoms with Crippen molar-refractivity contribution < 1.29 is 0 Å². The summed E-state index contributed by atoms with van der Waals surface area (Å²) in [5, 5.41) is 12.4. The fraction of sp³-hybridized carbons (Fsp3) is 0.500. The number of hydrogen-bond donors (Lipinski definition) is 4. The summed E-state index contributed by atoms with van der Waals surface area (Å²) in [6.45, 7) is 1.99. The maximum absolute atomic E-state index is 6.22. The van der Waals surface area contributed by atoms with E-state index >= 15 is 0 Å². The molecule has 2 aliphatic rings. The lowest BCUT2D eigenvalue weighted by Gasteiger charge is -2.14.